The first kappa shape index (κ1) is 16.8. The Morgan fingerprint density at radius 2 is 1.84 bits per heavy atom. The van der Waals surface area contributed by atoms with E-state index in [4.69, 9.17) is 0 Å². The molecule has 0 saturated heterocycles. The summed E-state index contributed by atoms with van der Waals surface area (Å²) in [5, 5.41) is 0. The fraction of sp³-hybridized carbons (Fsp3) is 1.00. The highest BCUT2D eigenvalue weighted by molar-refractivity contribution is 4.84. The quantitative estimate of drug-likeness (QED) is 0.703. The normalized spacial score (nSPS) is 27.0. The van der Waals surface area contributed by atoms with Gasteiger partial charge in [0.1, 0.15) is 0 Å². The molecule has 0 spiro atoms. The first-order valence-corrected chi connectivity index (χ1v) is 7.51. The smallest absolute Gasteiger partial charge is 0.295 e. The molecule has 3 unspecified atom stereocenters. The highest BCUT2D eigenvalue weighted by Crippen LogP contribution is 2.37. The summed E-state index contributed by atoms with van der Waals surface area (Å²) in [5.41, 5.74) is 0. The maximum Gasteiger partial charge on any atom is 0.401 e. The fourth-order valence-corrected chi connectivity index (χ4v) is 3.75. The van der Waals surface area contributed by atoms with Crippen LogP contribution < -0.4 is 0 Å². The number of halogens is 3. The number of hydrogen-bond acceptors (Lipinski definition) is 1. The van der Waals surface area contributed by atoms with Crippen molar-refractivity contribution in [1.82, 2.24) is 4.90 Å². The highest BCUT2D eigenvalue weighted by atomic mass is 19.4. The number of alkyl halides is 3. The lowest BCUT2D eigenvalue weighted by atomic mass is 9.72. The van der Waals surface area contributed by atoms with E-state index >= 15 is 0 Å². The second kappa shape index (κ2) is 6.96. The van der Waals surface area contributed by atoms with Gasteiger partial charge in [0.2, 0.25) is 0 Å². The largest absolute Gasteiger partial charge is 0.401 e. The monoisotopic (exact) mass is 279 g/mol. The Morgan fingerprint density at radius 3 is 2.32 bits per heavy atom. The van der Waals surface area contributed by atoms with Crippen LogP contribution in [0.1, 0.15) is 52.9 Å². The molecule has 0 radical (unpaired) electrons. The summed E-state index contributed by atoms with van der Waals surface area (Å²) in [7, 11) is 1.62. The molecule has 0 aliphatic heterocycles. The van der Waals surface area contributed by atoms with Crippen molar-refractivity contribution in [3.63, 3.8) is 0 Å². The van der Waals surface area contributed by atoms with Crippen LogP contribution in [-0.2, 0) is 0 Å². The topological polar surface area (TPSA) is 3.24 Å². The van der Waals surface area contributed by atoms with Crippen molar-refractivity contribution in [2.45, 2.75) is 65.1 Å². The lowest BCUT2D eigenvalue weighted by Crippen LogP contribution is -2.42. The van der Waals surface area contributed by atoms with E-state index in [9.17, 15) is 13.2 Å². The van der Waals surface area contributed by atoms with Crippen molar-refractivity contribution >= 4 is 0 Å². The van der Waals surface area contributed by atoms with Gasteiger partial charge < -0.3 is 0 Å². The molecule has 1 aliphatic rings. The molecule has 0 bridgehead atoms. The van der Waals surface area contributed by atoms with Crippen LogP contribution >= 0.6 is 0 Å². The predicted octanol–water partition coefficient (Wildman–Crippen LogP) is 4.72. The SMILES string of the molecule is CCC(C(C)C)C1CCCC(N(C)CC(F)(F)F)C1. The second-order valence-electron chi connectivity index (χ2n) is 6.43. The number of nitrogens with zero attached hydrogens (tertiary/aromatic N) is 1. The summed E-state index contributed by atoms with van der Waals surface area (Å²) in [6.07, 6.45) is 1.16. The minimum atomic E-state index is -4.08. The molecule has 19 heavy (non-hydrogen) atoms. The molecule has 4 heteroatoms. The van der Waals surface area contributed by atoms with Gasteiger partial charge in [-0.2, -0.15) is 13.2 Å². The molecular formula is C15H28F3N. The van der Waals surface area contributed by atoms with Gasteiger partial charge in [-0.05, 0) is 37.6 Å². The zero-order chi connectivity index (χ0) is 14.6. The molecule has 1 rings (SSSR count). The summed E-state index contributed by atoms with van der Waals surface area (Å²) >= 11 is 0. The maximum absolute atomic E-state index is 12.5. The molecule has 1 nitrogen and oxygen atoms in total. The zero-order valence-electron chi connectivity index (χ0n) is 12.6. The third-order valence-electron chi connectivity index (χ3n) is 4.67. The van der Waals surface area contributed by atoms with Crippen LogP contribution in [0, 0.1) is 17.8 Å². The van der Waals surface area contributed by atoms with Crippen LogP contribution in [0.5, 0.6) is 0 Å². The van der Waals surface area contributed by atoms with E-state index in [1.54, 1.807) is 7.05 Å². The molecule has 0 amide bonds. The summed E-state index contributed by atoms with van der Waals surface area (Å²) in [6.45, 7) is 5.89. The average Bonchev–Trinajstić information content (AvgIpc) is 2.27. The average molecular weight is 279 g/mol. The van der Waals surface area contributed by atoms with Crippen molar-refractivity contribution in [2.75, 3.05) is 13.6 Å². The van der Waals surface area contributed by atoms with Crippen LogP contribution in [0.15, 0.2) is 0 Å². The molecule has 1 fully saturated rings. The maximum atomic E-state index is 12.5. The van der Waals surface area contributed by atoms with Crippen molar-refractivity contribution in [3.05, 3.63) is 0 Å². The number of hydrogen-bond donors (Lipinski definition) is 0. The Morgan fingerprint density at radius 1 is 1.21 bits per heavy atom. The van der Waals surface area contributed by atoms with Crippen molar-refractivity contribution < 1.29 is 13.2 Å². The van der Waals surface area contributed by atoms with E-state index in [0.717, 1.165) is 25.7 Å². The molecule has 0 aromatic heterocycles. The van der Waals surface area contributed by atoms with E-state index in [2.05, 4.69) is 20.8 Å². The molecule has 0 aromatic rings. The van der Waals surface area contributed by atoms with Crippen LogP contribution in [0.25, 0.3) is 0 Å². The molecule has 0 heterocycles. The van der Waals surface area contributed by atoms with Crippen molar-refractivity contribution in [3.8, 4) is 0 Å². The van der Waals surface area contributed by atoms with Gasteiger partial charge in [-0.3, -0.25) is 4.90 Å². The van der Waals surface area contributed by atoms with Crippen molar-refractivity contribution in [1.29, 1.82) is 0 Å². The second-order valence-corrected chi connectivity index (χ2v) is 6.43. The van der Waals surface area contributed by atoms with Gasteiger partial charge in [-0.25, -0.2) is 0 Å². The van der Waals surface area contributed by atoms with Crippen LogP contribution in [0.4, 0.5) is 13.2 Å². The molecule has 0 N–H and O–H groups in total. The van der Waals surface area contributed by atoms with Crippen molar-refractivity contribution in [2.24, 2.45) is 17.8 Å². The van der Waals surface area contributed by atoms with Gasteiger partial charge in [0.05, 0.1) is 6.54 Å². The lowest BCUT2D eigenvalue weighted by Gasteiger charge is -2.40. The van der Waals surface area contributed by atoms with Crippen LogP contribution in [0.3, 0.4) is 0 Å². The minimum absolute atomic E-state index is 0.105. The Bertz CT molecular complexity index is 263. The Hall–Kier alpha value is -0.250. The van der Waals surface area contributed by atoms with Gasteiger partial charge >= 0.3 is 6.18 Å². The van der Waals surface area contributed by atoms with Crippen LogP contribution in [-0.4, -0.2) is 30.7 Å². The predicted molar refractivity (Wildman–Crippen MR) is 73.1 cm³/mol. The van der Waals surface area contributed by atoms with Gasteiger partial charge in [-0.1, -0.05) is 40.0 Å². The van der Waals surface area contributed by atoms with Gasteiger partial charge in [-0.15, -0.1) is 0 Å². The van der Waals surface area contributed by atoms with Gasteiger partial charge in [0.25, 0.3) is 0 Å². The summed E-state index contributed by atoms with van der Waals surface area (Å²) < 4.78 is 37.4. The summed E-state index contributed by atoms with van der Waals surface area (Å²) in [6, 6.07) is 0.105. The van der Waals surface area contributed by atoms with Gasteiger partial charge in [0, 0.05) is 6.04 Å². The molecule has 3 atom stereocenters. The molecule has 1 saturated carbocycles. The summed E-state index contributed by atoms with van der Waals surface area (Å²) in [5.74, 6) is 1.88. The van der Waals surface area contributed by atoms with E-state index in [0.29, 0.717) is 17.8 Å². The number of rotatable bonds is 5. The van der Waals surface area contributed by atoms with E-state index < -0.39 is 12.7 Å². The fourth-order valence-electron chi connectivity index (χ4n) is 3.75. The molecular weight excluding hydrogens is 251 g/mol. The van der Waals surface area contributed by atoms with Gasteiger partial charge in [0.15, 0.2) is 0 Å². The Kier molecular flexibility index (Phi) is 6.15. The third-order valence-corrected chi connectivity index (χ3v) is 4.67. The van der Waals surface area contributed by atoms with Crippen LogP contribution in [0.2, 0.25) is 0 Å². The van der Waals surface area contributed by atoms with E-state index in [-0.39, 0.29) is 6.04 Å². The summed E-state index contributed by atoms with van der Waals surface area (Å²) in [4.78, 5) is 1.51. The Labute approximate surface area is 115 Å². The van der Waals surface area contributed by atoms with E-state index in [1.165, 1.54) is 11.3 Å². The molecule has 0 aromatic carbocycles. The standard InChI is InChI=1S/C15H28F3N/c1-5-14(11(2)3)12-7-6-8-13(9-12)19(4)10-15(16,17)18/h11-14H,5-10H2,1-4H3. The lowest BCUT2D eigenvalue weighted by molar-refractivity contribution is -0.149. The zero-order valence-corrected chi connectivity index (χ0v) is 12.6. The minimum Gasteiger partial charge on any atom is -0.295 e. The first-order valence-electron chi connectivity index (χ1n) is 7.51. The third kappa shape index (κ3) is 5.33. The Balaban J connectivity index is 2.58. The molecule has 1 aliphatic carbocycles. The van der Waals surface area contributed by atoms with E-state index in [1.807, 2.05) is 0 Å². The first-order chi connectivity index (χ1) is 8.74. The highest BCUT2D eigenvalue weighted by Gasteiger charge is 2.35. The molecule has 114 valence electrons.